The molecule has 72 valence electrons. The van der Waals surface area contributed by atoms with Crippen LogP contribution in [0.1, 0.15) is 13.8 Å². The Morgan fingerprint density at radius 3 is 2.67 bits per heavy atom. The van der Waals surface area contributed by atoms with Gasteiger partial charge in [0.25, 0.3) is 0 Å². The van der Waals surface area contributed by atoms with Gasteiger partial charge in [0.2, 0.25) is 0 Å². The van der Waals surface area contributed by atoms with Crippen LogP contribution in [0.25, 0.3) is 0 Å². The molecule has 1 heterocycles. The summed E-state index contributed by atoms with van der Waals surface area (Å²) in [5, 5.41) is 10.7. The lowest BCUT2D eigenvalue weighted by atomic mass is 10.4. The number of β-amino-alcohol motifs (C(OH)–C–C–N with tert-alkyl or cyclic N) is 1. The third-order valence-electron chi connectivity index (χ3n) is 2.21. The lowest BCUT2D eigenvalue weighted by molar-refractivity contribution is 0.108. The van der Waals surface area contributed by atoms with E-state index in [4.69, 9.17) is 17.7 Å². The molecule has 2 N–H and O–H groups in total. The molecule has 12 heavy (non-hydrogen) atoms. The summed E-state index contributed by atoms with van der Waals surface area (Å²) >= 11 is 5.18. The van der Waals surface area contributed by atoms with E-state index < -0.39 is 0 Å². The second kappa shape index (κ2) is 4.43. The van der Waals surface area contributed by atoms with E-state index in [2.05, 4.69) is 24.2 Å². The highest BCUT2D eigenvalue weighted by molar-refractivity contribution is 7.59. The van der Waals surface area contributed by atoms with Crippen molar-refractivity contribution in [2.24, 2.45) is 0 Å². The van der Waals surface area contributed by atoms with Gasteiger partial charge < -0.3 is 17.7 Å². The van der Waals surface area contributed by atoms with Gasteiger partial charge in [-0.2, -0.15) is 0 Å². The highest BCUT2D eigenvalue weighted by Gasteiger charge is 2.27. The van der Waals surface area contributed by atoms with Crippen LogP contribution >= 0.6 is 0 Å². The highest BCUT2D eigenvalue weighted by Crippen LogP contribution is 2.13. The smallest absolute Gasteiger partial charge is 0.0726 e. The maximum Gasteiger partial charge on any atom is 0.0726 e. The fourth-order valence-electron chi connectivity index (χ4n) is 1.49. The topological polar surface area (TPSA) is 38.7 Å². The molecule has 1 aliphatic heterocycles. The van der Waals surface area contributed by atoms with Crippen molar-refractivity contribution >= 4 is 12.6 Å². The van der Waals surface area contributed by atoms with Crippen LogP contribution in [0, 0.1) is 0 Å². The molecular weight excluding hydrogens is 174 g/mol. The van der Waals surface area contributed by atoms with E-state index in [9.17, 15) is 0 Å². The van der Waals surface area contributed by atoms with E-state index in [1.165, 1.54) is 0 Å². The third kappa shape index (κ3) is 1.92. The number of hydrogen-bond acceptors (Lipinski definition) is 5. The van der Waals surface area contributed by atoms with Crippen LogP contribution in [0.4, 0.5) is 0 Å². The van der Waals surface area contributed by atoms with Gasteiger partial charge in [0.1, 0.15) is 0 Å². The van der Waals surface area contributed by atoms with Crippen LogP contribution in [-0.2, 0) is 12.6 Å². The van der Waals surface area contributed by atoms with Gasteiger partial charge in [0, 0.05) is 6.54 Å². The predicted molar refractivity (Wildman–Crippen MR) is 49.9 cm³/mol. The first kappa shape index (κ1) is 10.3. The van der Waals surface area contributed by atoms with Gasteiger partial charge in [-0.25, -0.2) is 5.01 Å². The fraction of sp³-hybridized carbons (Fsp3) is 1.00. The molecule has 0 amide bonds. The Bertz CT molecular complexity index is 147. The van der Waals surface area contributed by atoms with Crippen molar-refractivity contribution in [3.63, 3.8) is 0 Å². The van der Waals surface area contributed by atoms with Crippen molar-refractivity contribution in [3.05, 3.63) is 0 Å². The number of aliphatic hydroxyl groups is 1. The number of hydrazine groups is 1. The average molecular weight is 190 g/mol. The molecule has 5 heteroatoms. The Balaban J connectivity index is 2.49. The molecule has 2 atom stereocenters. The van der Waals surface area contributed by atoms with E-state index in [0.717, 1.165) is 6.54 Å². The van der Waals surface area contributed by atoms with Gasteiger partial charge in [-0.15, -0.1) is 0 Å². The van der Waals surface area contributed by atoms with Crippen LogP contribution in [0.2, 0.25) is 0 Å². The molecule has 0 bridgehead atoms. The Morgan fingerprint density at radius 2 is 2.25 bits per heavy atom. The fourth-order valence-corrected chi connectivity index (χ4v) is 1.95. The summed E-state index contributed by atoms with van der Waals surface area (Å²) in [7, 11) is 0. The van der Waals surface area contributed by atoms with Crippen molar-refractivity contribution in [3.8, 4) is 0 Å². The lowest BCUT2D eigenvalue weighted by Gasteiger charge is -2.29. The van der Waals surface area contributed by atoms with Gasteiger partial charge in [0.15, 0.2) is 0 Å². The molecule has 1 fully saturated rings. The predicted octanol–water partition coefficient (Wildman–Crippen LogP) is -0.703. The third-order valence-corrected chi connectivity index (χ3v) is 2.59. The lowest BCUT2D eigenvalue weighted by Crippen LogP contribution is -2.40. The molecule has 0 radical (unpaired) electrons. The van der Waals surface area contributed by atoms with E-state index in [0.29, 0.717) is 6.54 Å². The van der Waals surface area contributed by atoms with E-state index >= 15 is 0 Å². The normalized spacial score (nSPS) is 33.0. The number of rotatable bonds is 3. The minimum Gasteiger partial charge on any atom is -0.757 e. The Morgan fingerprint density at radius 1 is 1.58 bits per heavy atom. The molecule has 1 rings (SSSR count). The Kier molecular flexibility index (Phi) is 3.79. The van der Waals surface area contributed by atoms with Crippen molar-refractivity contribution in [2.45, 2.75) is 25.5 Å². The molecule has 4 nitrogen and oxygen atoms in total. The number of aliphatic hydroxyl groups excluding tert-OH is 1. The van der Waals surface area contributed by atoms with Gasteiger partial charge in [0.05, 0.1) is 12.8 Å². The SMILES string of the molecule is CCN1C([S-])NN(CCO)C1C. The van der Waals surface area contributed by atoms with Gasteiger partial charge >= 0.3 is 0 Å². The molecule has 1 aliphatic rings. The molecule has 0 aliphatic carbocycles. The minimum absolute atomic E-state index is 0.0310. The summed E-state index contributed by atoms with van der Waals surface area (Å²) in [4.78, 5) is 2.16. The zero-order chi connectivity index (χ0) is 9.14. The number of nitrogens with one attached hydrogen (secondary N) is 1. The van der Waals surface area contributed by atoms with Crippen LogP contribution in [-0.4, -0.2) is 46.4 Å². The van der Waals surface area contributed by atoms with Crippen molar-refractivity contribution in [1.29, 1.82) is 0 Å². The second-order valence-electron chi connectivity index (χ2n) is 2.86. The summed E-state index contributed by atoms with van der Waals surface area (Å²) < 4.78 is 0. The number of nitrogens with zero attached hydrogens (tertiary/aromatic N) is 2. The van der Waals surface area contributed by atoms with Crippen LogP contribution in [0.5, 0.6) is 0 Å². The van der Waals surface area contributed by atoms with Gasteiger partial charge in [-0.1, -0.05) is 6.92 Å². The van der Waals surface area contributed by atoms with E-state index in [-0.39, 0.29) is 18.3 Å². The first-order valence-electron chi connectivity index (χ1n) is 4.26. The Labute approximate surface area is 78.9 Å². The Hall–Kier alpha value is 0.190. The van der Waals surface area contributed by atoms with Crippen molar-refractivity contribution < 1.29 is 5.11 Å². The maximum atomic E-state index is 8.76. The molecule has 2 unspecified atom stereocenters. The van der Waals surface area contributed by atoms with Crippen LogP contribution < -0.4 is 5.43 Å². The summed E-state index contributed by atoms with van der Waals surface area (Å²) in [5.41, 5.74) is 3.09. The molecule has 1 saturated heterocycles. The van der Waals surface area contributed by atoms with E-state index in [1.807, 2.05) is 5.01 Å². The average Bonchev–Trinajstić information content (AvgIpc) is 2.29. The largest absolute Gasteiger partial charge is 0.757 e. The van der Waals surface area contributed by atoms with Gasteiger partial charge in [-0.05, 0) is 19.0 Å². The molecule has 0 spiro atoms. The zero-order valence-corrected chi connectivity index (χ0v) is 8.34. The molecule has 0 aromatic carbocycles. The van der Waals surface area contributed by atoms with E-state index in [1.54, 1.807) is 0 Å². The monoisotopic (exact) mass is 190 g/mol. The standard InChI is InChI=1S/C7H17N3OS/c1-3-9-6(2)10(4-5-11)8-7(9)12/h6-8,11-12H,3-5H2,1-2H3/p-1. The molecular formula is C7H16N3OS-. The van der Waals surface area contributed by atoms with Crippen LogP contribution in [0.15, 0.2) is 0 Å². The molecule has 0 saturated carbocycles. The van der Waals surface area contributed by atoms with Crippen molar-refractivity contribution in [1.82, 2.24) is 15.3 Å². The van der Waals surface area contributed by atoms with Gasteiger partial charge in [-0.3, -0.25) is 10.3 Å². The minimum atomic E-state index is -0.0310. The van der Waals surface area contributed by atoms with Crippen molar-refractivity contribution in [2.75, 3.05) is 19.7 Å². The summed E-state index contributed by atoms with van der Waals surface area (Å²) in [5.74, 6) is 0. The first-order valence-corrected chi connectivity index (χ1v) is 4.73. The maximum absolute atomic E-state index is 8.76. The molecule has 0 aromatic heterocycles. The summed E-state index contributed by atoms with van der Waals surface area (Å²) in [6.45, 7) is 5.89. The number of hydrogen-bond donors (Lipinski definition) is 2. The summed E-state index contributed by atoms with van der Waals surface area (Å²) in [6.07, 6.45) is 0.282. The first-order chi connectivity index (χ1) is 5.70. The summed E-state index contributed by atoms with van der Waals surface area (Å²) in [6, 6.07) is 0. The highest BCUT2D eigenvalue weighted by atomic mass is 32.1. The quantitative estimate of drug-likeness (QED) is 0.576. The van der Waals surface area contributed by atoms with Crippen LogP contribution in [0.3, 0.4) is 0 Å². The molecule has 0 aromatic rings. The zero-order valence-electron chi connectivity index (χ0n) is 7.53. The second-order valence-corrected chi connectivity index (χ2v) is 3.31.